The number of rotatable bonds is 4. The number of nitrogens with zero attached hydrogens (tertiary/aromatic N) is 3. The Morgan fingerprint density at radius 3 is 2.88 bits per heavy atom. The second kappa shape index (κ2) is 7.66. The van der Waals surface area contributed by atoms with E-state index in [2.05, 4.69) is 57.6 Å². The highest BCUT2D eigenvalue weighted by Crippen LogP contribution is 2.50. The van der Waals surface area contributed by atoms with Crippen molar-refractivity contribution in [2.45, 2.75) is 43.2 Å². The van der Waals surface area contributed by atoms with Gasteiger partial charge in [0.15, 0.2) is 0 Å². The molecule has 172 valence electrons. The van der Waals surface area contributed by atoms with Crippen LogP contribution in [0.4, 0.5) is 5.69 Å². The smallest absolute Gasteiger partial charge is 0.254 e. The maximum absolute atomic E-state index is 12.8. The third kappa shape index (κ3) is 3.40. The molecule has 2 spiro atoms. The summed E-state index contributed by atoms with van der Waals surface area (Å²) in [5, 5.41) is 7.61. The average Bonchev–Trinajstić information content (AvgIpc) is 3.58. The van der Waals surface area contributed by atoms with E-state index in [0.717, 1.165) is 24.9 Å². The molecular weight excluding hydrogens is 420 g/mol. The first kappa shape index (κ1) is 20.4. The number of likely N-dealkylation sites (tertiary alicyclic amines) is 1. The van der Waals surface area contributed by atoms with Crippen molar-refractivity contribution in [3.05, 3.63) is 60.1 Å². The molecule has 8 nitrogen and oxygen atoms in total. The molecule has 1 N–H and O–H groups in total. The van der Waals surface area contributed by atoms with Crippen LogP contribution in [0.15, 0.2) is 53.2 Å². The third-order valence-corrected chi connectivity index (χ3v) is 7.38. The Hall–Kier alpha value is -3.26. The number of carbonyl (C=O) groups is 1. The van der Waals surface area contributed by atoms with Crippen LogP contribution in [0.2, 0.25) is 0 Å². The fraction of sp³-hybridized carbons (Fsp3) is 0.440. The number of benzene rings is 1. The van der Waals surface area contributed by atoms with Crippen LogP contribution >= 0.6 is 0 Å². The highest BCUT2D eigenvalue weighted by Gasteiger charge is 2.54. The molecule has 33 heavy (non-hydrogen) atoms. The van der Waals surface area contributed by atoms with Crippen molar-refractivity contribution in [1.82, 2.24) is 14.6 Å². The Bertz CT molecular complexity index is 1180. The van der Waals surface area contributed by atoms with E-state index in [0.29, 0.717) is 44.2 Å². The van der Waals surface area contributed by atoms with E-state index in [9.17, 15) is 4.79 Å². The minimum atomic E-state index is -0.241. The van der Waals surface area contributed by atoms with Gasteiger partial charge in [-0.1, -0.05) is 12.1 Å². The van der Waals surface area contributed by atoms with Gasteiger partial charge in [0.2, 0.25) is 5.91 Å². The molecule has 3 aliphatic rings. The second-order valence-electron chi connectivity index (χ2n) is 9.35. The Balaban J connectivity index is 1.12. The predicted octanol–water partition coefficient (Wildman–Crippen LogP) is 3.51. The monoisotopic (exact) mass is 448 g/mol. The van der Waals surface area contributed by atoms with Gasteiger partial charge >= 0.3 is 0 Å². The maximum atomic E-state index is 12.8. The van der Waals surface area contributed by atoms with Crippen molar-refractivity contribution in [2.24, 2.45) is 0 Å². The molecular formula is C25H28N4O4. The molecule has 1 unspecified atom stereocenters. The number of fused-ring (bicyclic) bond motifs is 4. The lowest BCUT2D eigenvalue weighted by atomic mass is 9.79. The maximum Gasteiger partial charge on any atom is 0.254 e. The van der Waals surface area contributed by atoms with E-state index in [-0.39, 0.29) is 17.0 Å². The van der Waals surface area contributed by atoms with Crippen LogP contribution in [0.1, 0.15) is 37.1 Å². The van der Waals surface area contributed by atoms with Crippen molar-refractivity contribution < 1.29 is 18.8 Å². The Kier molecular flexibility index (Phi) is 4.72. The van der Waals surface area contributed by atoms with Gasteiger partial charge in [0.05, 0.1) is 36.4 Å². The number of nitrogens with one attached hydrogen (secondary N) is 1. The average molecular weight is 449 g/mol. The van der Waals surface area contributed by atoms with Gasteiger partial charge in [-0.2, -0.15) is 0 Å². The van der Waals surface area contributed by atoms with Gasteiger partial charge in [-0.3, -0.25) is 4.79 Å². The van der Waals surface area contributed by atoms with Crippen LogP contribution in [0.25, 0.3) is 5.69 Å². The number of aromatic nitrogens is 2. The van der Waals surface area contributed by atoms with Gasteiger partial charge in [-0.25, -0.2) is 0 Å². The minimum absolute atomic E-state index is 0.145. The van der Waals surface area contributed by atoms with Gasteiger partial charge in [-0.05, 0) is 42.3 Å². The highest BCUT2D eigenvalue weighted by atomic mass is 16.5. The molecule has 2 saturated heterocycles. The predicted molar refractivity (Wildman–Crippen MR) is 122 cm³/mol. The molecule has 0 aliphatic carbocycles. The minimum Gasteiger partial charge on any atom is -0.479 e. The molecule has 0 radical (unpaired) electrons. The number of amides is 1. The van der Waals surface area contributed by atoms with Gasteiger partial charge in [0.1, 0.15) is 11.3 Å². The zero-order valence-electron chi connectivity index (χ0n) is 18.8. The number of para-hydroxylation sites is 2. The van der Waals surface area contributed by atoms with Crippen molar-refractivity contribution in [3.63, 3.8) is 0 Å². The molecule has 0 saturated carbocycles. The molecule has 3 aliphatic heterocycles. The summed E-state index contributed by atoms with van der Waals surface area (Å²) in [5.74, 6) is 1.25. The fourth-order valence-corrected chi connectivity index (χ4v) is 5.65. The number of piperidine rings is 1. The first-order valence-corrected chi connectivity index (χ1v) is 11.6. The number of hydrogen-bond donors (Lipinski definition) is 1. The molecule has 8 heteroatoms. The van der Waals surface area contributed by atoms with Gasteiger partial charge in [-0.15, -0.1) is 0 Å². The molecule has 5 heterocycles. The molecule has 1 amide bonds. The molecule has 1 atom stereocenters. The van der Waals surface area contributed by atoms with Crippen molar-refractivity contribution in [2.75, 3.05) is 32.1 Å². The van der Waals surface area contributed by atoms with Crippen LogP contribution in [0.3, 0.4) is 0 Å². The molecule has 2 aromatic heterocycles. The third-order valence-electron chi connectivity index (χ3n) is 7.38. The van der Waals surface area contributed by atoms with Crippen molar-refractivity contribution >= 4 is 11.6 Å². The summed E-state index contributed by atoms with van der Waals surface area (Å²) in [6, 6.07) is 14.5. The number of methoxy groups -OCH3 is 1. The van der Waals surface area contributed by atoms with E-state index in [1.165, 1.54) is 11.4 Å². The standard InChI is InChI=1S/C25H28N4O4/c1-31-22-15-18(33-27-22)8-9-23(30)28-13-10-24(11-14-28)16-25(17-32-24)21-7-4-12-29(21)20-6-3-2-5-19(20)26-25/h2-7,12,15,26H,8-11,13-14,16-17H2,1H3. The summed E-state index contributed by atoms with van der Waals surface area (Å²) >= 11 is 0. The first-order chi connectivity index (χ1) is 16.1. The van der Waals surface area contributed by atoms with Crippen LogP contribution in [-0.2, 0) is 21.5 Å². The van der Waals surface area contributed by atoms with E-state index < -0.39 is 0 Å². The van der Waals surface area contributed by atoms with Crippen molar-refractivity contribution in [3.8, 4) is 11.6 Å². The summed E-state index contributed by atoms with van der Waals surface area (Å²) in [6.07, 6.45) is 5.66. The lowest BCUT2D eigenvalue weighted by Gasteiger charge is -2.41. The van der Waals surface area contributed by atoms with Crippen LogP contribution < -0.4 is 10.1 Å². The molecule has 3 aromatic rings. The van der Waals surface area contributed by atoms with E-state index in [1.54, 1.807) is 13.2 Å². The number of hydrogen-bond acceptors (Lipinski definition) is 6. The Morgan fingerprint density at radius 1 is 1.21 bits per heavy atom. The van der Waals surface area contributed by atoms with Gasteiger partial charge < -0.3 is 28.8 Å². The number of anilines is 1. The van der Waals surface area contributed by atoms with E-state index in [1.807, 2.05) is 4.90 Å². The molecule has 0 bridgehead atoms. The SMILES string of the molecule is COc1cc(CCC(=O)N2CCC3(CC2)CC2(CO3)Nc3ccccc3-n3cccc32)on1. The summed E-state index contributed by atoms with van der Waals surface area (Å²) < 4.78 is 19.1. The second-order valence-corrected chi connectivity index (χ2v) is 9.35. The number of carbonyl (C=O) groups excluding carboxylic acids is 1. The Morgan fingerprint density at radius 2 is 2.06 bits per heavy atom. The lowest BCUT2D eigenvalue weighted by Crippen LogP contribution is -2.48. The summed E-state index contributed by atoms with van der Waals surface area (Å²) in [7, 11) is 1.55. The fourth-order valence-electron chi connectivity index (χ4n) is 5.65. The first-order valence-electron chi connectivity index (χ1n) is 11.6. The van der Waals surface area contributed by atoms with Crippen LogP contribution in [-0.4, -0.2) is 52.9 Å². The quantitative estimate of drug-likeness (QED) is 0.658. The van der Waals surface area contributed by atoms with Crippen molar-refractivity contribution in [1.29, 1.82) is 0 Å². The summed E-state index contributed by atoms with van der Waals surface area (Å²) in [6.45, 7) is 2.06. The largest absolute Gasteiger partial charge is 0.479 e. The zero-order valence-corrected chi connectivity index (χ0v) is 18.8. The topological polar surface area (TPSA) is 81.8 Å². The lowest BCUT2D eigenvalue weighted by molar-refractivity contribution is -0.136. The van der Waals surface area contributed by atoms with Crippen LogP contribution in [0.5, 0.6) is 5.88 Å². The molecule has 6 rings (SSSR count). The number of ether oxygens (including phenoxy) is 2. The zero-order chi connectivity index (χ0) is 22.5. The Labute approximate surface area is 192 Å². The molecule has 2 fully saturated rings. The van der Waals surface area contributed by atoms with E-state index in [4.69, 9.17) is 14.0 Å². The van der Waals surface area contributed by atoms with Gasteiger partial charge in [0.25, 0.3) is 5.88 Å². The van der Waals surface area contributed by atoms with E-state index >= 15 is 0 Å². The summed E-state index contributed by atoms with van der Waals surface area (Å²) in [4.78, 5) is 14.7. The normalized spacial score (nSPS) is 22.8. The molecule has 1 aromatic carbocycles. The summed E-state index contributed by atoms with van der Waals surface area (Å²) in [5.41, 5.74) is 3.12. The number of aryl methyl sites for hydroxylation is 1. The van der Waals surface area contributed by atoms with Crippen LogP contribution in [0, 0.1) is 0 Å². The highest BCUT2D eigenvalue weighted by molar-refractivity contribution is 5.76. The van der Waals surface area contributed by atoms with Gasteiger partial charge in [0, 0.05) is 44.6 Å².